The molecule has 0 aromatic carbocycles. The lowest BCUT2D eigenvalue weighted by Gasteiger charge is -2.30. The molecule has 0 saturated carbocycles. The second-order valence-corrected chi connectivity index (χ2v) is 6.06. The van der Waals surface area contributed by atoms with Crippen LogP contribution < -0.4 is 0 Å². The molecule has 1 atom stereocenters. The molecule has 0 bridgehead atoms. The van der Waals surface area contributed by atoms with Crippen molar-refractivity contribution in [1.29, 1.82) is 0 Å². The van der Waals surface area contributed by atoms with Crippen molar-refractivity contribution < 1.29 is 14.6 Å². The fourth-order valence-corrected chi connectivity index (χ4v) is 2.77. The number of carbonyl (C=O) groups is 1. The second-order valence-electron chi connectivity index (χ2n) is 6.06. The summed E-state index contributed by atoms with van der Waals surface area (Å²) in [5.74, 6) is -0.724. The Kier molecular flexibility index (Phi) is 5.56. The lowest BCUT2D eigenvalue weighted by Crippen LogP contribution is -2.41. The molecule has 5 nitrogen and oxygen atoms in total. The Hall–Kier alpha value is -0.650. The van der Waals surface area contributed by atoms with E-state index in [1.807, 2.05) is 7.05 Å². The van der Waals surface area contributed by atoms with Gasteiger partial charge < -0.3 is 14.7 Å². The van der Waals surface area contributed by atoms with E-state index in [-0.39, 0.29) is 17.9 Å². The number of likely N-dealkylation sites (N-methyl/N-ethyl adjacent to an activating group) is 1. The Morgan fingerprint density at radius 3 is 2.67 bits per heavy atom. The van der Waals surface area contributed by atoms with Gasteiger partial charge >= 0.3 is 5.97 Å². The minimum atomic E-state index is -0.724. The summed E-state index contributed by atoms with van der Waals surface area (Å²) >= 11 is 0. The number of hydrogen-bond donors (Lipinski definition) is 1. The molecule has 1 heterocycles. The van der Waals surface area contributed by atoms with Gasteiger partial charge in [-0.1, -0.05) is 13.8 Å². The van der Waals surface area contributed by atoms with Crippen LogP contribution in [-0.4, -0.2) is 73.9 Å². The van der Waals surface area contributed by atoms with Gasteiger partial charge in [-0.2, -0.15) is 0 Å². The number of carboxylic acid groups (broad SMARTS) is 1. The standard InChI is InChI=1S/C13H26N2O3/c1-13(2)9-14(3)11(7-12(16)17)8-15(10-13)5-6-18-4/h11H,5-10H2,1-4H3,(H,16,17). The predicted octanol–water partition coefficient (Wildman–Crippen LogP) is 0.750. The van der Waals surface area contributed by atoms with Crippen LogP contribution in [0.25, 0.3) is 0 Å². The highest BCUT2D eigenvalue weighted by Gasteiger charge is 2.32. The lowest BCUT2D eigenvalue weighted by atomic mass is 9.92. The van der Waals surface area contributed by atoms with Crippen molar-refractivity contribution in [3.05, 3.63) is 0 Å². The molecular formula is C13H26N2O3. The first kappa shape index (κ1) is 15.4. The van der Waals surface area contributed by atoms with Gasteiger partial charge in [0.1, 0.15) is 0 Å². The van der Waals surface area contributed by atoms with E-state index in [1.54, 1.807) is 7.11 Å². The van der Waals surface area contributed by atoms with E-state index in [9.17, 15) is 4.79 Å². The smallest absolute Gasteiger partial charge is 0.304 e. The average Bonchev–Trinajstić information content (AvgIpc) is 2.32. The van der Waals surface area contributed by atoms with Crippen molar-refractivity contribution in [2.24, 2.45) is 5.41 Å². The van der Waals surface area contributed by atoms with Gasteiger partial charge in [-0.25, -0.2) is 0 Å². The first-order valence-electron chi connectivity index (χ1n) is 6.47. The molecule has 106 valence electrons. The van der Waals surface area contributed by atoms with E-state index in [2.05, 4.69) is 23.6 Å². The maximum atomic E-state index is 10.9. The summed E-state index contributed by atoms with van der Waals surface area (Å²) < 4.78 is 5.13. The van der Waals surface area contributed by atoms with Gasteiger partial charge in [-0.05, 0) is 12.5 Å². The minimum Gasteiger partial charge on any atom is -0.481 e. The molecular weight excluding hydrogens is 232 g/mol. The topological polar surface area (TPSA) is 53.0 Å². The maximum absolute atomic E-state index is 10.9. The molecule has 0 aromatic rings. The molecule has 1 unspecified atom stereocenters. The zero-order valence-electron chi connectivity index (χ0n) is 12.0. The zero-order chi connectivity index (χ0) is 13.8. The zero-order valence-corrected chi connectivity index (χ0v) is 12.0. The summed E-state index contributed by atoms with van der Waals surface area (Å²) in [6.45, 7) is 8.73. The molecule has 5 heteroatoms. The molecule has 1 saturated heterocycles. The summed E-state index contributed by atoms with van der Waals surface area (Å²) in [5.41, 5.74) is 0.176. The molecule has 0 spiro atoms. The average molecular weight is 258 g/mol. The Bertz CT molecular complexity index is 281. The van der Waals surface area contributed by atoms with Crippen LogP contribution in [0.2, 0.25) is 0 Å². The fraction of sp³-hybridized carbons (Fsp3) is 0.923. The van der Waals surface area contributed by atoms with Crippen LogP contribution in [0, 0.1) is 5.41 Å². The van der Waals surface area contributed by atoms with Crippen LogP contribution in [-0.2, 0) is 9.53 Å². The van der Waals surface area contributed by atoms with E-state index in [0.29, 0.717) is 6.61 Å². The molecule has 1 aliphatic heterocycles. The molecule has 0 aliphatic carbocycles. The van der Waals surface area contributed by atoms with Crippen molar-refractivity contribution in [1.82, 2.24) is 9.80 Å². The third-order valence-electron chi connectivity index (χ3n) is 3.44. The van der Waals surface area contributed by atoms with Crippen molar-refractivity contribution >= 4 is 5.97 Å². The van der Waals surface area contributed by atoms with Crippen molar-refractivity contribution in [2.75, 3.05) is 46.9 Å². The fourth-order valence-electron chi connectivity index (χ4n) is 2.77. The Balaban J connectivity index is 2.71. The van der Waals surface area contributed by atoms with Crippen LogP contribution in [0.4, 0.5) is 0 Å². The predicted molar refractivity (Wildman–Crippen MR) is 70.8 cm³/mol. The van der Waals surface area contributed by atoms with Crippen LogP contribution in [0.5, 0.6) is 0 Å². The maximum Gasteiger partial charge on any atom is 0.304 e. The number of ether oxygens (including phenoxy) is 1. The van der Waals surface area contributed by atoms with Gasteiger partial charge in [-0.15, -0.1) is 0 Å². The monoisotopic (exact) mass is 258 g/mol. The first-order chi connectivity index (χ1) is 8.34. The van der Waals surface area contributed by atoms with Crippen molar-refractivity contribution in [3.8, 4) is 0 Å². The number of hydrogen-bond acceptors (Lipinski definition) is 4. The molecule has 1 aliphatic rings. The van der Waals surface area contributed by atoms with E-state index < -0.39 is 5.97 Å². The Labute approximate surface area is 110 Å². The molecule has 0 aromatic heterocycles. The van der Waals surface area contributed by atoms with Gasteiger partial charge in [-0.3, -0.25) is 9.69 Å². The molecule has 0 amide bonds. The number of aliphatic carboxylic acids is 1. The van der Waals surface area contributed by atoms with Gasteiger partial charge in [0.05, 0.1) is 13.0 Å². The van der Waals surface area contributed by atoms with E-state index in [1.165, 1.54) is 0 Å². The Morgan fingerprint density at radius 1 is 1.44 bits per heavy atom. The molecule has 18 heavy (non-hydrogen) atoms. The largest absolute Gasteiger partial charge is 0.481 e. The lowest BCUT2D eigenvalue weighted by molar-refractivity contribution is -0.138. The minimum absolute atomic E-state index is 0.0844. The number of carboxylic acids is 1. The third-order valence-corrected chi connectivity index (χ3v) is 3.44. The van der Waals surface area contributed by atoms with Crippen LogP contribution in [0.3, 0.4) is 0 Å². The van der Waals surface area contributed by atoms with E-state index in [4.69, 9.17) is 9.84 Å². The van der Waals surface area contributed by atoms with Crippen LogP contribution >= 0.6 is 0 Å². The quantitative estimate of drug-likeness (QED) is 0.788. The number of methoxy groups -OCH3 is 1. The Morgan fingerprint density at radius 2 is 2.11 bits per heavy atom. The van der Waals surface area contributed by atoms with E-state index >= 15 is 0 Å². The normalized spacial score (nSPS) is 25.9. The summed E-state index contributed by atoms with van der Waals surface area (Å²) in [4.78, 5) is 15.4. The summed E-state index contributed by atoms with van der Waals surface area (Å²) in [6, 6.07) is 0.0844. The number of rotatable bonds is 5. The second kappa shape index (κ2) is 6.50. The third kappa shape index (κ3) is 4.92. The van der Waals surface area contributed by atoms with E-state index in [0.717, 1.165) is 26.2 Å². The van der Waals surface area contributed by atoms with Gasteiger partial charge in [0, 0.05) is 39.3 Å². The van der Waals surface area contributed by atoms with Crippen molar-refractivity contribution in [3.63, 3.8) is 0 Å². The van der Waals surface area contributed by atoms with Crippen LogP contribution in [0.1, 0.15) is 20.3 Å². The summed E-state index contributed by atoms with van der Waals surface area (Å²) in [6.07, 6.45) is 0.204. The summed E-state index contributed by atoms with van der Waals surface area (Å²) in [7, 11) is 3.72. The van der Waals surface area contributed by atoms with Crippen molar-refractivity contribution in [2.45, 2.75) is 26.3 Å². The van der Waals surface area contributed by atoms with Gasteiger partial charge in [0.2, 0.25) is 0 Å². The molecule has 1 rings (SSSR count). The highest BCUT2D eigenvalue weighted by molar-refractivity contribution is 5.67. The van der Waals surface area contributed by atoms with Gasteiger partial charge in [0.25, 0.3) is 0 Å². The molecule has 1 N–H and O–H groups in total. The molecule has 1 fully saturated rings. The summed E-state index contributed by atoms with van der Waals surface area (Å²) in [5, 5.41) is 9.00. The highest BCUT2D eigenvalue weighted by Crippen LogP contribution is 2.24. The van der Waals surface area contributed by atoms with Crippen LogP contribution in [0.15, 0.2) is 0 Å². The first-order valence-corrected chi connectivity index (χ1v) is 6.47. The number of nitrogens with zero attached hydrogens (tertiary/aromatic N) is 2. The highest BCUT2D eigenvalue weighted by atomic mass is 16.5. The molecule has 0 radical (unpaired) electrons. The SMILES string of the molecule is COCCN1CC(CC(=O)O)N(C)CC(C)(C)C1. The van der Waals surface area contributed by atoms with Gasteiger partial charge in [0.15, 0.2) is 0 Å².